The van der Waals surface area contributed by atoms with Crippen molar-refractivity contribution in [3.05, 3.63) is 76.5 Å². The van der Waals surface area contributed by atoms with Crippen LogP contribution in [0.3, 0.4) is 0 Å². The maximum atomic E-state index is 15.4. The van der Waals surface area contributed by atoms with Crippen LogP contribution < -0.4 is 25.2 Å². The minimum Gasteiger partial charge on any atom is -0.490 e. The van der Waals surface area contributed by atoms with E-state index in [2.05, 4.69) is 30.4 Å². The van der Waals surface area contributed by atoms with Gasteiger partial charge in [0.15, 0.2) is 0 Å². The van der Waals surface area contributed by atoms with E-state index in [0.29, 0.717) is 62.3 Å². The predicted octanol–water partition coefficient (Wildman–Crippen LogP) is 3.53. The highest BCUT2D eigenvalue weighted by Gasteiger charge is 2.56. The molecule has 5 heterocycles. The number of piperazine rings is 1. The average molecular weight is 844 g/mol. The summed E-state index contributed by atoms with van der Waals surface area (Å²) in [6.07, 6.45) is 0.286. The van der Waals surface area contributed by atoms with Gasteiger partial charge in [-0.3, -0.25) is 39.1 Å². The molecule has 2 aromatic carbocycles. The summed E-state index contributed by atoms with van der Waals surface area (Å²) >= 11 is 0. The van der Waals surface area contributed by atoms with Gasteiger partial charge in [0.1, 0.15) is 29.1 Å². The zero-order valence-electron chi connectivity index (χ0n) is 32.8. The van der Waals surface area contributed by atoms with Crippen LogP contribution in [0.25, 0.3) is 0 Å². The summed E-state index contributed by atoms with van der Waals surface area (Å²) < 4.78 is 61.3. The number of nitrogens with zero attached hydrogens (tertiary/aromatic N) is 7. The number of nitrogens with one attached hydrogen (secondary N) is 2. The highest BCUT2D eigenvalue weighted by atomic mass is 19.4. The number of hydrogen-bond acceptors (Lipinski definition) is 12. The molecule has 318 valence electrons. The number of alkyl halides is 3. The first-order chi connectivity index (χ1) is 29.2. The van der Waals surface area contributed by atoms with Crippen molar-refractivity contribution in [1.29, 1.82) is 5.26 Å². The first-order valence-electron chi connectivity index (χ1n) is 20.4. The number of nitriles is 1. The number of halogens is 4. The van der Waals surface area contributed by atoms with Crippen LogP contribution in [0.2, 0.25) is 0 Å². The van der Waals surface area contributed by atoms with Gasteiger partial charge in [-0.15, -0.1) is 0 Å². The number of fused-ring (bicyclic) bond motifs is 2. The van der Waals surface area contributed by atoms with E-state index in [4.69, 9.17) is 10.00 Å². The maximum absolute atomic E-state index is 15.4. The van der Waals surface area contributed by atoms with Gasteiger partial charge >= 0.3 is 6.18 Å². The molecule has 5 amide bonds. The van der Waals surface area contributed by atoms with Gasteiger partial charge in [0, 0.05) is 58.3 Å². The minimum absolute atomic E-state index is 0.00167. The summed E-state index contributed by atoms with van der Waals surface area (Å²) in [5, 5.41) is 14.2. The van der Waals surface area contributed by atoms with Gasteiger partial charge in [-0.1, -0.05) is 0 Å². The van der Waals surface area contributed by atoms with Crippen molar-refractivity contribution in [2.75, 3.05) is 55.6 Å². The fourth-order valence-corrected chi connectivity index (χ4v) is 9.60. The smallest absolute Gasteiger partial charge is 0.417 e. The topological polar surface area (TPSA) is 181 Å². The number of imide groups is 2. The van der Waals surface area contributed by atoms with Gasteiger partial charge in [-0.05, 0) is 80.2 Å². The van der Waals surface area contributed by atoms with Crippen molar-refractivity contribution in [2.24, 2.45) is 17.8 Å². The second-order valence-corrected chi connectivity index (χ2v) is 16.6. The number of ether oxygens (including phenoxy) is 1. The molecule has 2 aliphatic carbocycles. The van der Waals surface area contributed by atoms with Crippen LogP contribution in [0.4, 0.5) is 29.1 Å². The van der Waals surface area contributed by atoms with Crippen LogP contribution in [0, 0.1) is 34.9 Å². The molecule has 3 aromatic rings. The second kappa shape index (κ2) is 15.7. The fraction of sp³-hybridized carbons (Fsp3) is 0.476. The maximum Gasteiger partial charge on any atom is 0.417 e. The van der Waals surface area contributed by atoms with Gasteiger partial charge in [0.2, 0.25) is 11.8 Å². The number of anilines is 2. The van der Waals surface area contributed by atoms with Crippen molar-refractivity contribution in [3.8, 4) is 11.8 Å². The molecule has 0 spiro atoms. The Morgan fingerprint density at radius 3 is 2.25 bits per heavy atom. The molecule has 0 radical (unpaired) electrons. The second-order valence-electron chi connectivity index (χ2n) is 16.6. The molecule has 3 saturated heterocycles. The van der Waals surface area contributed by atoms with Crippen molar-refractivity contribution in [2.45, 2.75) is 62.9 Å². The lowest BCUT2D eigenvalue weighted by molar-refractivity contribution is -0.138. The third-order valence-electron chi connectivity index (χ3n) is 13.0. The quantitative estimate of drug-likeness (QED) is 0.237. The van der Waals surface area contributed by atoms with Crippen LogP contribution in [0.5, 0.6) is 5.75 Å². The molecule has 2 unspecified atom stereocenters. The molecule has 2 saturated carbocycles. The average Bonchev–Trinajstić information content (AvgIpc) is 3.54. The van der Waals surface area contributed by atoms with E-state index in [1.807, 2.05) is 4.90 Å². The third kappa shape index (κ3) is 7.84. The van der Waals surface area contributed by atoms with Crippen molar-refractivity contribution >= 4 is 41.0 Å². The van der Waals surface area contributed by atoms with Gasteiger partial charge in [-0.25, -0.2) is 14.4 Å². The van der Waals surface area contributed by atoms with E-state index in [9.17, 15) is 37.1 Å². The molecule has 4 atom stereocenters. The molecule has 9 rings (SSSR count). The summed E-state index contributed by atoms with van der Waals surface area (Å²) in [5.74, 6) is -1.61. The molecule has 1 aromatic heterocycles. The lowest BCUT2D eigenvalue weighted by Gasteiger charge is -2.36. The first kappa shape index (κ1) is 40.3. The van der Waals surface area contributed by atoms with E-state index in [0.717, 1.165) is 55.8 Å². The molecule has 0 bridgehead atoms. The molecule has 19 heteroatoms. The SMILES string of the molecule is N#Cc1ccc(OC2CCC(NC(=O)c3cnc(N4CCN(CC5[C@H]6CN(c7cc8c(cc7F)C(=O)N(C7CCC(=O)NC7=O)C8=O)C[C@@H]56)CC4)cn3)CC2)cc1C(F)(F)F. The van der Waals surface area contributed by atoms with E-state index in [1.165, 1.54) is 18.3 Å². The largest absolute Gasteiger partial charge is 0.490 e. The number of amides is 5. The lowest BCUT2D eigenvalue weighted by Crippen LogP contribution is -2.54. The van der Waals surface area contributed by atoms with Crippen molar-refractivity contribution in [3.63, 3.8) is 0 Å². The van der Waals surface area contributed by atoms with E-state index < -0.39 is 52.8 Å². The molecular weight excluding hydrogens is 803 g/mol. The predicted molar refractivity (Wildman–Crippen MR) is 207 cm³/mol. The first-order valence-corrected chi connectivity index (χ1v) is 20.4. The number of carbonyl (C=O) groups excluding carboxylic acids is 5. The highest BCUT2D eigenvalue weighted by Crippen LogP contribution is 2.53. The number of benzene rings is 2. The Bertz CT molecular complexity index is 2330. The van der Waals surface area contributed by atoms with E-state index >= 15 is 4.39 Å². The summed E-state index contributed by atoms with van der Waals surface area (Å²) in [7, 11) is 0. The standard InChI is InChI=1S/C42H41F4N9O6/c43-32-14-26-27(41(60)55(40(26)59)34-7-8-37(56)51-39(34)58)15-35(32)54-20-29-28(30(29)21-54)19-52-9-11-53(12-10-52)36-18-48-33(17-49-36)38(57)50-23-2-5-24(6-3-23)61-25-4-1-22(16-47)31(13-25)42(44,45)46/h1,4,13-15,17-18,23-24,28-30,34H,2-3,5-12,19-21H2,(H,50,57)(H,51,56,58)/t23?,24?,28?,29-,30+,34?. The van der Waals surface area contributed by atoms with Gasteiger partial charge in [-0.2, -0.15) is 18.4 Å². The Labute approximate surface area is 347 Å². The summed E-state index contributed by atoms with van der Waals surface area (Å²) in [5.41, 5.74) is -1.07. The van der Waals surface area contributed by atoms with Crippen molar-refractivity contribution < 1.29 is 46.3 Å². The number of carbonyl (C=O) groups is 5. The Balaban J connectivity index is 0.708. The molecular formula is C42H41F4N9O6. The molecule has 6 aliphatic rings. The Kier molecular flexibility index (Phi) is 10.4. The Morgan fingerprint density at radius 2 is 1.61 bits per heavy atom. The number of rotatable bonds is 9. The zero-order chi connectivity index (χ0) is 42.7. The van der Waals surface area contributed by atoms with Crippen LogP contribution in [0.1, 0.15) is 80.9 Å². The molecule has 2 N–H and O–H groups in total. The van der Waals surface area contributed by atoms with E-state index in [1.54, 1.807) is 12.3 Å². The monoisotopic (exact) mass is 843 g/mol. The number of piperidine rings is 2. The lowest BCUT2D eigenvalue weighted by atomic mass is 9.92. The summed E-state index contributed by atoms with van der Waals surface area (Å²) in [4.78, 5) is 79.6. The molecule has 5 fully saturated rings. The van der Waals surface area contributed by atoms with Gasteiger partial charge < -0.3 is 19.9 Å². The van der Waals surface area contributed by atoms with Gasteiger partial charge in [0.05, 0.1) is 52.5 Å². The Hall–Kier alpha value is -6.16. The molecule has 15 nitrogen and oxygen atoms in total. The van der Waals surface area contributed by atoms with Gasteiger partial charge in [0.25, 0.3) is 17.7 Å². The summed E-state index contributed by atoms with van der Waals surface area (Å²) in [6.45, 7) is 5.23. The zero-order valence-corrected chi connectivity index (χ0v) is 32.8. The fourth-order valence-electron chi connectivity index (χ4n) is 9.60. The number of hydrogen-bond donors (Lipinski definition) is 2. The highest BCUT2D eigenvalue weighted by molar-refractivity contribution is 6.23. The van der Waals surface area contributed by atoms with Crippen LogP contribution in [-0.2, 0) is 15.8 Å². The third-order valence-corrected chi connectivity index (χ3v) is 13.0. The van der Waals surface area contributed by atoms with E-state index in [-0.39, 0.29) is 59.2 Å². The summed E-state index contributed by atoms with van der Waals surface area (Å²) in [6, 6.07) is 6.12. The minimum atomic E-state index is -4.67. The normalized spacial score (nSPS) is 26.4. The Morgan fingerprint density at radius 1 is 0.902 bits per heavy atom. The molecule has 61 heavy (non-hydrogen) atoms. The van der Waals surface area contributed by atoms with Crippen LogP contribution >= 0.6 is 0 Å². The van der Waals surface area contributed by atoms with Crippen LogP contribution in [0.15, 0.2) is 42.7 Å². The number of aromatic nitrogens is 2. The van der Waals surface area contributed by atoms with Crippen molar-refractivity contribution in [1.82, 2.24) is 30.4 Å². The molecule has 4 aliphatic heterocycles. The van der Waals surface area contributed by atoms with Crippen LogP contribution in [-0.4, -0.2) is 113 Å².